The summed E-state index contributed by atoms with van der Waals surface area (Å²) < 4.78 is 25.5. The molecule has 16 nitrogen and oxygen atoms in total. The largest absolute Gasteiger partial charge is 0.497 e. The SMILES string of the molecule is CCOC(=O)C(Cc1ccc(OC(=O)CC(C)=O)cc1)NC(=O)CCc1ccc(OC)cc1.COc1ccc(CCC(=O)NC(Cc2ccc(OC(=O)CC(C)=O)cc2)C(=O)O)cc1. The maximum atomic E-state index is 12.5. The minimum atomic E-state index is -1.14. The lowest BCUT2D eigenvalue weighted by Crippen LogP contribution is -2.43. The summed E-state index contributed by atoms with van der Waals surface area (Å²) in [5, 5.41) is 14.7. The zero-order valence-electron chi connectivity index (χ0n) is 36.5. The third-order valence-electron chi connectivity index (χ3n) is 9.12. The topological polar surface area (TPSA) is 227 Å². The molecule has 0 fully saturated rings. The molecule has 340 valence electrons. The van der Waals surface area contributed by atoms with Crippen LogP contribution in [-0.4, -0.2) is 85.3 Å². The number of benzene rings is 4. The Hall–Kier alpha value is -7.36. The summed E-state index contributed by atoms with van der Waals surface area (Å²) in [6.45, 7) is 4.50. The van der Waals surface area contributed by atoms with Crippen LogP contribution in [0.1, 0.15) is 68.7 Å². The van der Waals surface area contributed by atoms with Crippen LogP contribution in [0.25, 0.3) is 0 Å². The molecule has 16 heteroatoms. The van der Waals surface area contributed by atoms with E-state index in [4.69, 9.17) is 23.7 Å². The normalized spacial score (nSPS) is 11.3. The van der Waals surface area contributed by atoms with Gasteiger partial charge in [-0.2, -0.15) is 0 Å². The number of esters is 3. The molecule has 4 aromatic carbocycles. The fraction of sp³-hybridized carbons (Fsp3) is 0.333. The number of ketones is 2. The number of carbonyl (C=O) groups excluding carboxylic acids is 7. The monoisotopic (exact) mass is 882 g/mol. The van der Waals surface area contributed by atoms with E-state index in [-0.39, 0.29) is 74.3 Å². The van der Waals surface area contributed by atoms with Crippen LogP contribution in [0.3, 0.4) is 0 Å². The molecule has 0 radical (unpaired) electrons. The molecule has 0 aliphatic heterocycles. The highest BCUT2D eigenvalue weighted by Crippen LogP contribution is 2.18. The molecule has 2 atom stereocenters. The van der Waals surface area contributed by atoms with E-state index < -0.39 is 36.0 Å². The second kappa shape index (κ2) is 26.9. The third kappa shape index (κ3) is 19.6. The number of methoxy groups -OCH3 is 2. The quantitative estimate of drug-likeness (QED) is 0.0499. The first kappa shape index (κ1) is 51.0. The molecule has 0 aliphatic carbocycles. The summed E-state index contributed by atoms with van der Waals surface area (Å²) in [7, 11) is 3.16. The number of rotatable bonds is 23. The first-order valence-electron chi connectivity index (χ1n) is 20.4. The van der Waals surface area contributed by atoms with Crippen LogP contribution in [0.5, 0.6) is 23.0 Å². The van der Waals surface area contributed by atoms with E-state index in [1.165, 1.54) is 26.0 Å². The van der Waals surface area contributed by atoms with E-state index >= 15 is 0 Å². The molecule has 0 heterocycles. The average Bonchev–Trinajstić information content (AvgIpc) is 3.25. The first-order valence-corrected chi connectivity index (χ1v) is 20.4. The fourth-order valence-corrected chi connectivity index (χ4v) is 5.87. The Morgan fingerprint density at radius 2 is 0.859 bits per heavy atom. The third-order valence-corrected chi connectivity index (χ3v) is 9.12. The van der Waals surface area contributed by atoms with E-state index in [1.807, 2.05) is 36.4 Å². The Morgan fingerprint density at radius 1 is 0.516 bits per heavy atom. The molecule has 0 bridgehead atoms. The predicted octanol–water partition coefficient (Wildman–Crippen LogP) is 5.13. The summed E-state index contributed by atoms with van der Waals surface area (Å²) in [6, 6.07) is 25.6. The van der Waals surface area contributed by atoms with Crippen molar-refractivity contribution in [3.05, 3.63) is 119 Å². The first-order chi connectivity index (χ1) is 30.6. The highest BCUT2D eigenvalue weighted by molar-refractivity contribution is 5.95. The molecule has 0 saturated carbocycles. The van der Waals surface area contributed by atoms with Crippen LogP contribution in [0, 0.1) is 0 Å². The van der Waals surface area contributed by atoms with Crippen LogP contribution in [0.4, 0.5) is 0 Å². The molecule has 0 saturated heterocycles. The lowest BCUT2D eigenvalue weighted by Gasteiger charge is -2.18. The van der Waals surface area contributed by atoms with E-state index in [2.05, 4.69) is 10.6 Å². The van der Waals surface area contributed by atoms with Gasteiger partial charge in [-0.1, -0.05) is 48.5 Å². The summed E-state index contributed by atoms with van der Waals surface area (Å²) in [5.41, 5.74) is 3.32. The molecule has 4 rings (SSSR count). The van der Waals surface area contributed by atoms with Gasteiger partial charge in [0, 0.05) is 25.7 Å². The Balaban J connectivity index is 0.000000341. The van der Waals surface area contributed by atoms with E-state index in [9.17, 15) is 43.5 Å². The highest BCUT2D eigenvalue weighted by Gasteiger charge is 2.23. The number of nitrogens with one attached hydrogen (secondary N) is 2. The molecule has 2 unspecified atom stereocenters. The second-order valence-electron chi connectivity index (χ2n) is 14.4. The second-order valence-corrected chi connectivity index (χ2v) is 14.4. The van der Waals surface area contributed by atoms with E-state index in [1.54, 1.807) is 69.7 Å². The Morgan fingerprint density at radius 3 is 1.20 bits per heavy atom. The fourth-order valence-electron chi connectivity index (χ4n) is 5.87. The van der Waals surface area contributed by atoms with Crippen molar-refractivity contribution in [3.63, 3.8) is 0 Å². The lowest BCUT2D eigenvalue weighted by atomic mass is 10.0. The zero-order chi connectivity index (χ0) is 47.0. The van der Waals surface area contributed by atoms with Crippen LogP contribution >= 0.6 is 0 Å². The van der Waals surface area contributed by atoms with Gasteiger partial charge in [-0.25, -0.2) is 9.59 Å². The van der Waals surface area contributed by atoms with Crippen LogP contribution in [0.15, 0.2) is 97.1 Å². The maximum absolute atomic E-state index is 12.5. The van der Waals surface area contributed by atoms with Crippen LogP contribution in [-0.2, 0) is 68.8 Å². The van der Waals surface area contributed by atoms with Crippen molar-refractivity contribution >= 4 is 47.3 Å². The van der Waals surface area contributed by atoms with Crippen molar-refractivity contribution in [2.24, 2.45) is 0 Å². The number of hydrogen-bond donors (Lipinski definition) is 3. The Labute approximate surface area is 371 Å². The number of aryl methyl sites for hydroxylation is 2. The molecule has 0 aliphatic rings. The summed E-state index contributed by atoms with van der Waals surface area (Å²) in [4.78, 5) is 93.7. The standard InChI is InChI=1S/C25H29NO7.C23H25NO7/c1-4-32-25(30)22(26-23(28)14-9-18-5-10-20(31-3)11-6-18)16-19-7-12-21(13-8-19)33-24(29)15-17(2)27;1-15(25)13-22(27)31-19-10-5-17(6-11-19)14-20(23(28)29)24-21(26)12-7-16-3-8-18(30-2)9-4-16/h5-8,10-13,22H,4,9,14-16H2,1-3H3,(H,26,28);3-6,8-11,20H,7,12-14H2,1-2H3,(H,24,26)(H,28,29). The number of amides is 2. The van der Waals surface area contributed by atoms with Gasteiger partial charge in [-0.15, -0.1) is 0 Å². The molecule has 0 spiro atoms. The molecule has 4 aromatic rings. The molecule has 64 heavy (non-hydrogen) atoms. The van der Waals surface area contributed by atoms with Crippen molar-refractivity contribution < 1.29 is 67.1 Å². The van der Waals surface area contributed by atoms with Crippen molar-refractivity contribution in [2.75, 3.05) is 20.8 Å². The molecular weight excluding hydrogens is 829 g/mol. The number of carbonyl (C=O) groups is 8. The lowest BCUT2D eigenvalue weighted by molar-refractivity contribution is -0.147. The van der Waals surface area contributed by atoms with Gasteiger partial charge in [-0.05, 0) is 104 Å². The van der Waals surface area contributed by atoms with Crippen molar-refractivity contribution in [3.8, 4) is 23.0 Å². The number of hydrogen-bond acceptors (Lipinski definition) is 13. The smallest absolute Gasteiger partial charge is 0.328 e. The minimum absolute atomic E-state index is 0.0747. The van der Waals surface area contributed by atoms with Gasteiger partial charge in [0.1, 0.15) is 59.5 Å². The molecule has 2 amide bonds. The zero-order valence-corrected chi connectivity index (χ0v) is 36.5. The van der Waals surface area contributed by atoms with Crippen molar-refractivity contribution in [1.82, 2.24) is 10.6 Å². The number of aliphatic carboxylic acids is 1. The summed E-state index contributed by atoms with van der Waals surface area (Å²) in [6.07, 6.45) is 1.04. The Kier molecular flexibility index (Phi) is 21.4. The van der Waals surface area contributed by atoms with Crippen LogP contribution in [0.2, 0.25) is 0 Å². The van der Waals surface area contributed by atoms with Gasteiger partial charge in [0.25, 0.3) is 0 Å². The predicted molar refractivity (Wildman–Crippen MR) is 233 cm³/mol. The van der Waals surface area contributed by atoms with Crippen molar-refractivity contribution in [1.29, 1.82) is 0 Å². The van der Waals surface area contributed by atoms with Gasteiger partial charge in [0.2, 0.25) is 11.8 Å². The van der Waals surface area contributed by atoms with E-state index in [0.29, 0.717) is 24.2 Å². The summed E-state index contributed by atoms with van der Waals surface area (Å²) >= 11 is 0. The number of ether oxygens (including phenoxy) is 5. The minimum Gasteiger partial charge on any atom is -0.497 e. The molecule has 0 aromatic heterocycles. The van der Waals surface area contributed by atoms with Gasteiger partial charge < -0.3 is 39.4 Å². The van der Waals surface area contributed by atoms with E-state index in [0.717, 1.165) is 28.2 Å². The summed E-state index contributed by atoms with van der Waals surface area (Å²) in [5.74, 6) is -2.16. The molecular formula is C48H54N2O14. The van der Waals surface area contributed by atoms with Gasteiger partial charge >= 0.3 is 23.9 Å². The number of carboxylic acid groups (broad SMARTS) is 1. The maximum Gasteiger partial charge on any atom is 0.328 e. The number of carboxylic acids is 1. The highest BCUT2D eigenvalue weighted by atomic mass is 16.5. The van der Waals surface area contributed by atoms with Gasteiger partial charge in [0.15, 0.2) is 0 Å². The van der Waals surface area contributed by atoms with Crippen LogP contribution < -0.4 is 29.6 Å². The van der Waals surface area contributed by atoms with Gasteiger partial charge in [-0.3, -0.25) is 28.8 Å². The number of Topliss-reactive ketones (excluding diaryl/α,β-unsaturated/α-hetero) is 2. The molecule has 3 N–H and O–H groups in total. The average molecular weight is 883 g/mol. The van der Waals surface area contributed by atoms with Gasteiger partial charge in [0.05, 0.1) is 20.8 Å². The van der Waals surface area contributed by atoms with Crippen molar-refractivity contribution in [2.45, 2.75) is 84.2 Å². The Bertz CT molecular complexity index is 2190.